The molecule has 1 fully saturated rings. The van der Waals surface area contributed by atoms with Gasteiger partial charge in [0.15, 0.2) is 0 Å². The Hall–Kier alpha value is -2.56. The number of nitrogens with one attached hydrogen (secondary N) is 2. The number of hydrogen-bond donors (Lipinski definition) is 2. The molecule has 5 heteroatoms. The molecule has 0 aliphatic heterocycles. The Morgan fingerprint density at radius 2 is 1.81 bits per heavy atom. The zero-order valence-electron chi connectivity index (χ0n) is 15.8. The van der Waals surface area contributed by atoms with Crippen molar-refractivity contribution in [3.05, 3.63) is 58.4 Å². The Morgan fingerprint density at radius 1 is 1.15 bits per heavy atom. The summed E-state index contributed by atoms with van der Waals surface area (Å²) < 4.78 is 5.30. The van der Waals surface area contributed by atoms with Crippen molar-refractivity contribution in [3.8, 4) is 0 Å². The monoisotopic (exact) mass is 354 g/mol. The third kappa shape index (κ3) is 3.26. The van der Waals surface area contributed by atoms with Gasteiger partial charge < -0.3 is 15.0 Å². The van der Waals surface area contributed by atoms with E-state index in [0.29, 0.717) is 22.5 Å². The highest BCUT2D eigenvalue weighted by Crippen LogP contribution is 2.41. The van der Waals surface area contributed by atoms with Crippen molar-refractivity contribution in [2.24, 2.45) is 0 Å². The van der Waals surface area contributed by atoms with Crippen LogP contribution in [0.15, 0.2) is 30.3 Å². The second-order valence-corrected chi connectivity index (χ2v) is 7.33. The summed E-state index contributed by atoms with van der Waals surface area (Å²) in [6.45, 7) is 7.19. The van der Waals surface area contributed by atoms with Gasteiger partial charge in [0.25, 0.3) is 5.91 Å². The van der Waals surface area contributed by atoms with Crippen LogP contribution < -0.4 is 5.32 Å². The maximum Gasteiger partial charge on any atom is 0.340 e. The molecule has 0 bridgehead atoms. The van der Waals surface area contributed by atoms with Crippen LogP contribution in [-0.2, 0) is 10.3 Å². The predicted octanol–water partition coefficient (Wildman–Crippen LogP) is 4.01. The molecule has 2 N–H and O–H groups in total. The van der Waals surface area contributed by atoms with Gasteiger partial charge in [-0.3, -0.25) is 4.79 Å². The minimum Gasteiger partial charge on any atom is -0.459 e. The molecule has 1 aliphatic rings. The number of H-pyrrole nitrogens is 1. The van der Waals surface area contributed by atoms with E-state index in [1.165, 1.54) is 0 Å². The zero-order chi connectivity index (χ0) is 18.9. The number of aromatic nitrogens is 1. The number of carbonyl (C=O) groups is 2. The van der Waals surface area contributed by atoms with Crippen LogP contribution in [0.5, 0.6) is 0 Å². The maximum absolute atomic E-state index is 13.0. The quantitative estimate of drug-likeness (QED) is 0.797. The van der Waals surface area contributed by atoms with Gasteiger partial charge in [-0.1, -0.05) is 30.3 Å². The van der Waals surface area contributed by atoms with Crippen molar-refractivity contribution >= 4 is 11.9 Å². The molecule has 1 amide bonds. The van der Waals surface area contributed by atoms with Crippen LogP contribution in [-0.4, -0.2) is 23.0 Å². The van der Waals surface area contributed by atoms with E-state index in [4.69, 9.17) is 4.74 Å². The number of aromatic amines is 1. The molecular formula is C21H26N2O3. The lowest BCUT2D eigenvalue weighted by Gasteiger charge is -2.43. The molecule has 0 atom stereocenters. The number of amides is 1. The van der Waals surface area contributed by atoms with Crippen molar-refractivity contribution in [3.63, 3.8) is 0 Å². The van der Waals surface area contributed by atoms with Gasteiger partial charge in [0, 0.05) is 5.69 Å². The normalized spacial score (nSPS) is 15.4. The van der Waals surface area contributed by atoms with E-state index >= 15 is 0 Å². The number of aryl methyl sites for hydroxylation is 1. The molecular weight excluding hydrogens is 328 g/mol. The molecule has 0 radical (unpaired) electrons. The molecule has 0 unspecified atom stereocenters. The van der Waals surface area contributed by atoms with E-state index < -0.39 is 5.97 Å². The molecule has 3 rings (SSSR count). The van der Waals surface area contributed by atoms with E-state index in [1.54, 1.807) is 13.8 Å². The van der Waals surface area contributed by atoms with Crippen LogP contribution >= 0.6 is 0 Å². The average molecular weight is 354 g/mol. The van der Waals surface area contributed by atoms with Gasteiger partial charge >= 0.3 is 5.97 Å². The molecule has 1 aromatic heterocycles. The number of carbonyl (C=O) groups excluding carboxylic acids is 2. The van der Waals surface area contributed by atoms with Crippen molar-refractivity contribution in [1.82, 2.24) is 10.3 Å². The van der Waals surface area contributed by atoms with Crippen LogP contribution in [0.4, 0.5) is 0 Å². The molecule has 2 aromatic rings. The summed E-state index contributed by atoms with van der Waals surface area (Å²) in [7, 11) is 0. The Kier molecular flexibility index (Phi) is 4.90. The van der Waals surface area contributed by atoms with Gasteiger partial charge in [-0.15, -0.1) is 0 Å². The van der Waals surface area contributed by atoms with E-state index in [-0.39, 0.29) is 17.6 Å². The molecule has 0 spiro atoms. The highest BCUT2D eigenvalue weighted by Gasteiger charge is 2.40. The number of benzene rings is 1. The largest absolute Gasteiger partial charge is 0.459 e. The first kappa shape index (κ1) is 18.2. The number of ether oxygens (including phenoxy) is 1. The fraction of sp³-hybridized carbons (Fsp3) is 0.429. The van der Waals surface area contributed by atoms with E-state index in [9.17, 15) is 9.59 Å². The Labute approximate surface area is 154 Å². The molecule has 5 nitrogen and oxygen atoms in total. The summed E-state index contributed by atoms with van der Waals surface area (Å²) in [5.41, 5.74) is 2.98. The van der Waals surface area contributed by atoms with Crippen LogP contribution in [0, 0.1) is 13.8 Å². The number of esters is 1. The van der Waals surface area contributed by atoms with Crippen LogP contribution in [0.2, 0.25) is 0 Å². The molecule has 1 heterocycles. The van der Waals surface area contributed by atoms with Gasteiger partial charge in [0.2, 0.25) is 0 Å². The third-order valence-electron chi connectivity index (χ3n) is 5.10. The summed E-state index contributed by atoms with van der Waals surface area (Å²) in [5.74, 6) is -0.579. The zero-order valence-corrected chi connectivity index (χ0v) is 15.8. The van der Waals surface area contributed by atoms with Gasteiger partial charge in [-0.05, 0) is 58.1 Å². The molecule has 138 valence electrons. The SMILES string of the molecule is Cc1[nH]c(C(=O)NC2(c3ccccc3)CCC2)c(C)c1C(=O)OC(C)C. The number of hydrogen-bond acceptors (Lipinski definition) is 3. The average Bonchev–Trinajstić information content (AvgIpc) is 2.85. The first-order chi connectivity index (χ1) is 12.3. The Morgan fingerprint density at radius 3 is 2.35 bits per heavy atom. The molecule has 1 aliphatic carbocycles. The summed E-state index contributed by atoms with van der Waals surface area (Å²) >= 11 is 0. The Balaban J connectivity index is 1.86. The fourth-order valence-electron chi connectivity index (χ4n) is 3.61. The molecule has 1 saturated carbocycles. The van der Waals surface area contributed by atoms with Gasteiger partial charge in [-0.2, -0.15) is 0 Å². The van der Waals surface area contributed by atoms with Crippen molar-refractivity contribution in [2.45, 2.75) is 58.6 Å². The van der Waals surface area contributed by atoms with Gasteiger partial charge in [0.1, 0.15) is 5.69 Å². The Bertz CT molecular complexity index is 817. The first-order valence-electron chi connectivity index (χ1n) is 9.12. The van der Waals surface area contributed by atoms with Crippen LogP contribution in [0.3, 0.4) is 0 Å². The first-order valence-corrected chi connectivity index (χ1v) is 9.12. The highest BCUT2D eigenvalue weighted by atomic mass is 16.5. The smallest absolute Gasteiger partial charge is 0.340 e. The lowest BCUT2D eigenvalue weighted by Crippen LogP contribution is -2.51. The highest BCUT2D eigenvalue weighted by molar-refractivity contribution is 6.00. The summed E-state index contributed by atoms with van der Waals surface area (Å²) in [5, 5.41) is 3.20. The maximum atomic E-state index is 13.0. The molecule has 1 aromatic carbocycles. The van der Waals surface area contributed by atoms with E-state index in [1.807, 2.05) is 32.0 Å². The van der Waals surface area contributed by atoms with Crippen LogP contribution in [0.1, 0.15) is 70.8 Å². The standard InChI is InChI=1S/C21H26N2O3/c1-13(2)26-20(25)17-14(3)18(22-15(17)4)19(24)23-21(11-8-12-21)16-9-6-5-7-10-16/h5-7,9-10,13,22H,8,11-12H2,1-4H3,(H,23,24). The van der Waals surface area contributed by atoms with Crippen molar-refractivity contribution < 1.29 is 14.3 Å². The van der Waals surface area contributed by atoms with E-state index in [0.717, 1.165) is 24.8 Å². The van der Waals surface area contributed by atoms with Crippen molar-refractivity contribution in [1.29, 1.82) is 0 Å². The minimum absolute atomic E-state index is 0.183. The number of rotatable bonds is 5. The van der Waals surface area contributed by atoms with E-state index in [2.05, 4.69) is 22.4 Å². The van der Waals surface area contributed by atoms with Gasteiger partial charge in [0.05, 0.1) is 17.2 Å². The summed E-state index contributed by atoms with van der Waals surface area (Å²) in [6.07, 6.45) is 2.72. The third-order valence-corrected chi connectivity index (χ3v) is 5.10. The van der Waals surface area contributed by atoms with Gasteiger partial charge in [-0.25, -0.2) is 4.79 Å². The lowest BCUT2D eigenvalue weighted by atomic mass is 9.71. The second-order valence-electron chi connectivity index (χ2n) is 7.33. The summed E-state index contributed by atoms with van der Waals surface area (Å²) in [4.78, 5) is 28.4. The predicted molar refractivity (Wildman–Crippen MR) is 100 cm³/mol. The minimum atomic E-state index is -0.397. The molecule has 0 saturated heterocycles. The fourth-order valence-corrected chi connectivity index (χ4v) is 3.61. The second kappa shape index (κ2) is 6.98. The van der Waals surface area contributed by atoms with Crippen LogP contribution in [0.25, 0.3) is 0 Å². The summed E-state index contributed by atoms with van der Waals surface area (Å²) in [6, 6.07) is 10.1. The molecule has 26 heavy (non-hydrogen) atoms. The topological polar surface area (TPSA) is 71.2 Å². The lowest BCUT2D eigenvalue weighted by molar-refractivity contribution is 0.0376. The van der Waals surface area contributed by atoms with Crippen molar-refractivity contribution in [2.75, 3.05) is 0 Å².